The maximum atomic E-state index is 8.51. The van der Waals surface area contributed by atoms with Crippen LogP contribution in [0.15, 0.2) is 22.7 Å². The number of hydrogen-bond donors (Lipinski definition) is 2. The molecule has 1 rings (SSSR count). The zero-order valence-corrected chi connectivity index (χ0v) is 10.4. The van der Waals surface area contributed by atoms with Crippen LogP contribution in [0.4, 0.5) is 5.69 Å². The van der Waals surface area contributed by atoms with Gasteiger partial charge >= 0.3 is 0 Å². The quantitative estimate of drug-likeness (QED) is 0.781. The molecular weight excluding hydrogens is 258 g/mol. The third kappa shape index (κ3) is 4.20. The van der Waals surface area contributed by atoms with E-state index in [1.165, 1.54) is 5.56 Å². The second-order valence-electron chi connectivity index (χ2n) is 3.18. The van der Waals surface area contributed by atoms with Gasteiger partial charge in [0.15, 0.2) is 0 Å². The van der Waals surface area contributed by atoms with E-state index in [1.54, 1.807) is 0 Å². The lowest BCUT2D eigenvalue weighted by Crippen LogP contribution is -2.11. The van der Waals surface area contributed by atoms with E-state index < -0.39 is 0 Å². The Labute approximate surface area is 98.6 Å². The maximum absolute atomic E-state index is 8.51. The standard InChI is InChI=1S/C11H16BrNO2/c1-9-10(12)3-2-4-11(9)13-5-7-15-8-6-14/h2-4,13-14H,5-8H2,1H3. The van der Waals surface area contributed by atoms with Crippen LogP contribution in [-0.4, -0.2) is 31.5 Å². The van der Waals surface area contributed by atoms with E-state index in [1.807, 2.05) is 18.2 Å². The molecule has 0 amide bonds. The van der Waals surface area contributed by atoms with Gasteiger partial charge in [0.2, 0.25) is 0 Å². The highest BCUT2D eigenvalue weighted by molar-refractivity contribution is 9.10. The zero-order valence-electron chi connectivity index (χ0n) is 8.79. The van der Waals surface area contributed by atoms with Crippen molar-refractivity contribution in [3.8, 4) is 0 Å². The molecule has 0 aromatic heterocycles. The summed E-state index contributed by atoms with van der Waals surface area (Å²) in [5.41, 5.74) is 2.30. The monoisotopic (exact) mass is 273 g/mol. The topological polar surface area (TPSA) is 41.5 Å². The fourth-order valence-corrected chi connectivity index (χ4v) is 1.59. The van der Waals surface area contributed by atoms with E-state index >= 15 is 0 Å². The first-order chi connectivity index (χ1) is 7.25. The van der Waals surface area contributed by atoms with Gasteiger partial charge in [-0.1, -0.05) is 22.0 Å². The Morgan fingerprint density at radius 3 is 2.93 bits per heavy atom. The van der Waals surface area contributed by atoms with E-state index in [-0.39, 0.29) is 6.61 Å². The van der Waals surface area contributed by atoms with Crippen LogP contribution in [0.5, 0.6) is 0 Å². The molecular formula is C11H16BrNO2. The minimum Gasteiger partial charge on any atom is -0.394 e. The van der Waals surface area contributed by atoms with Crippen molar-refractivity contribution >= 4 is 21.6 Å². The molecule has 0 heterocycles. The van der Waals surface area contributed by atoms with Gasteiger partial charge in [-0.15, -0.1) is 0 Å². The van der Waals surface area contributed by atoms with Crippen LogP contribution >= 0.6 is 15.9 Å². The number of halogens is 1. The minimum absolute atomic E-state index is 0.0793. The van der Waals surface area contributed by atoms with Gasteiger partial charge in [-0.3, -0.25) is 0 Å². The van der Waals surface area contributed by atoms with Gasteiger partial charge in [0.05, 0.1) is 19.8 Å². The Kier molecular flexibility index (Phi) is 5.68. The second-order valence-corrected chi connectivity index (χ2v) is 4.03. The van der Waals surface area contributed by atoms with Crippen LogP contribution in [0.25, 0.3) is 0 Å². The molecule has 0 saturated heterocycles. The van der Waals surface area contributed by atoms with Gasteiger partial charge in [0.25, 0.3) is 0 Å². The molecule has 0 aliphatic carbocycles. The molecule has 0 atom stereocenters. The molecule has 0 saturated carbocycles. The molecule has 0 radical (unpaired) electrons. The summed E-state index contributed by atoms with van der Waals surface area (Å²) in [4.78, 5) is 0. The average Bonchev–Trinajstić information content (AvgIpc) is 2.24. The number of nitrogens with one attached hydrogen (secondary N) is 1. The highest BCUT2D eigenvalue weighted by Gasteiger charge is 1.99. The van der Waals surface area contributed by atoms with Gasteiger partial charge in [0.1, 0.15) is 0 Å². The highest BCUT2D eigenvalue weighted by Crippen LogP contribution is 2.22. The smallest absolute Gasteiger partial charge is 0.0698 e. The fourth-order valence-electron chi connectivity index (χ4n) is 1.22. The maximum Gasteiger partial charge on any atom is 0.0698 e. The summed E-state index contributed by atoms with van der Waals surface area (Å²) in [6.07, 6.45) is 0. The van der Waals surface area contributed by atoms with E-state index in [9.17, 15) is 0 Å². The molecule has 0 bridgehead atoms. The molecule has 0 aliphatic rings. The average molecular weight is 274 g/mol. The minimum atomic E-state index is 0.0793. The van der Waals surface area contributed by atoms with Gasteiger partial charge in [-0.05, 0) is 24.6 Å². The van der Waals surface area contributed by atoms with Crippen molar-refractivity contribution in [3.05, 3.63) is 28.2 Å². The normalized spacial score (nSPS) is 10.3. The Hall–Kier alpha value is -0.580. The van der Waals surface area contributed by atoms with Crippen LogP contribution in [0.3, 0.4) is 0 Å². The Morgan fingerprint density at radius 2 is 2.20 bits per heavy atom. The van der Waals surface area contributed by atoms with Crippen molar-refractivity contribution in [1.29, 1.82) is 0 Å². The summed E-state index contributed by atoms with van der Waals surface area (Å²) in [5.74, 6) is 0. The molecule has 15 heavy (non-hydrogen) atoms. The molecule has 0 aliphatic heterocycles. The summed E-state index contributed by atoms with van der Waals surface area (Å²) in [6.45, 7) is 3.89. The van der Waals surface area contributed by atoms with Crippen molar-refractivity contribution in [2.45, 2.75) is 6.92 Å². The van der Waals surface area contributed by atoms with Crippen LogP contribution in [0.2, 0.25) is 0 Å². The summed E-state index contributed by atoms with van der Waals surface area (Å²) < 4.78 is 6.25. The summed E-state index contributed by atoms with van der Waals surface area (Å²) >= 11 is 3.48. The van der Waals surface area contributed by atoms with E-state index in [0.29, 0.717) is 13.2 Å². The molecule has 0 fully saturated rings. The predicted molar refractivity (Wildman–Crippen MR) is 65.3 cm³/mol. The molecule has 1 aromatic carbocycles. The van der Waals surface area contributed by atoms with E-state index in [0.717, 1.165) is 16.7 Å². The van der Waals surface area contributed by atoms with Gasteiger partial charge < -0.3 is 15.2 Å². The van der Waals surface area contributed by atoms with Crippen molar-refractivity contribution in [1.82, 2.24) is 0 Å². The largest absolute Gasteiger partial charge is 0.394 e. The van der Waals surface area contributed by atoms with Crippen molar-refractivity contribution in [2.24, 2.45) is 0 Å². The second kappa shape index (κ2) is 6.82. The van der Waals surface area contributed by atoms with Crippen molar-refractivity contribution < 1.29 is 9.84 Å². The molecule has 0 spiro atoms. The van der Waals surface area contributed by atoms with E-state index in [4.69, 9.17) is 9.84 Å². The first kappa shape index (κ1) is 12.5. The van der Waals surface area contributed by atoms with Crippen molar-refractivity contribution in [3.63, 3.8) is 0 Å². The Morgan fingerprint density at radius 1 is 1.40 bits per heavy atom. The molecule has 4 heteroatoms. The molecule has 1 aromatic rings. The molecule has 2 N–H and O–H groups in total. The molecule has 0 unspecified atom stereocenters. The number of benzene rings is 1. The summed E-state index contributed by atoms with van der Waals surface area (Å²) in [7, 11) is 0. The molecule has 3 nitrogen and oxygen atoms in total. The van der Waals surface area contributed by atoms with Crippen LogP contribution in [0, 0.1) is 6.92 Å². The predicted octanol–water partition coefficient (Wildman–Crippen LogP) is 2.18. The lowest BCUT2D eigenvalue weighted by molar-refractivity contribution is 0.0992. The van der Waals surface area contributed by atoms with E-state index in [2.05, 4.69) is 28.2 Å². The third-order valence-corrected chi connectivity index (χ3v) is 2.92. The number of anilines is 1. The number of aliphatic hydroxyl groups is 1. The van der Waals surface area contributed by atoms with Crippen molar-refractivity contribution in [2.75, 3.05) is 31.7 Å². The Balaban J connectivity index is 2.34. The third-order valence-electron chi connectivity index (χ3n) is 2.07. The molecule has 84 valence electrons. The van der Waals surface area contributed by atoms with Crippen LogP contribution < -0.4 is 5.32 Å². The Bertz CT molecular complexity index is 305. The number of ether oxygens (including phenoxy) is 1. The van der Waals surface area contributed by atoms with Gasteiger partial charge in [-0.25, -0.2) is 0 Å². The zero-order chi connectivity index (χ0) is 11.1. The first-order valence-electron chi connectivity index (χ1n) is 4.93. The number of hydrogen-bond acceptors (Lipinski definition) is 3. The number of aliphatic hydroxyl groups excluding tert-OH is 1. The first-order valence-corrected chi connectivity index (χ1v) is 5.72. The summed E-state index contributed by atoms with van der Waals surface area (Å²) in [6, 6.07) is 6.04. The SMILES string of the molecule is Cc1c(Br)cccc1NCCOCCO. The number of rotatable bonds is 6. The van der Waals surface area contributed by atoms with Gasteiger partial charge in [0, 0.05) is 16.7 Å². The fraction of sp³-hybridized carbons (Fsp3) is 0.455. The highest BCUT2D eigenvalue weighted by atomic mass is 79.9. The van der Waals surface area contributed by atoms with Gasteiger partial charge in [-0.2, -0.15) is 0 Å². The lowest BCUT2D eigenvalue weighted by Gasteiger charge is -2.10. The van der Waals surface area contributed by atoms with Crippen LogP contribution in [-0.2, 0) is 4.74 Å². The van der Waals surface area contributed by atoms with Crippen LogP contribution in [0.1, 0.15) is 5.56 Å². The summed E-state index contributed by atoms with van der Waals surface area (Å²) in [5, 5.41) is 11.8. The lowest BCUT2D eigenvalue weighted by atomic mass is 10.2.